The number of hydrogen-bond donors (Lipinski definition) is 1. The van der Waals surface area contributed by atoms with Gasteiger partial charge in [0.15, 0.2) is 5.78 Å². The van der Waals surface area contributed by atoms with E-state index in [1.54, 1.807) is 12.1 Å². The minimum absolute atomic E-state index is 0.0206. The van der Waals surface area contributed by atoms with Crippen molar-refractivity contribution in [2.45, 2.75) is 16.6 Å². The zero-order valence-corrected chi connectivity index (χ0v) is 14.1. The van der Waals surface area contributed by atoms with Crippen LogP contribution in [0.15, 0.2) is 48.5 Å². The van der Waals surface area contributed by atoms with Gasteiger partial charge < -0.3 is 5.11 Å². The lowest BCUT2D eigenvalue weighted by molar-refractivity contribution is 0.0988. The number of aromatic hydroxyl groups is 1. The molecule has 1 N–H and O–H groups in total. The first-order chi connectivity index (χ1) is 9.50. The van der Waals surface area contributed by atoms with Crippen LogP contribution in [-0.4, -0.2) is 15.7 Å². The van der Waals surface area contributed by atoms with Crippen molar-refractivity contribution in [2.75, 3.05) is 0 Å². The van der Waals surface area contributed by atoms with Crippen LogP contribution in [0.2, 0.25) is 0 Å². The second-order valence-electron chi connectivity index (χ2n) is 4.60. The Hall–Kier alpha value is -1.13. The average molecular weight is 398 g/mol. The number of ketones is 1. The van der Waals surface area contributed by atoms with Crippen LogP contribution in [-0.2, 0) is 0 Å². The van der Waals surface area contributed by atoms with Gasteiger partial charge in [-0.3, -0.25) is 4.79 Å². The second kappa shape index (κ2) is 6.55. The van der Waals surface area contributed by atoms with Gasteiger partial charge >= 0.3 is 0 Å². The molecule has 4 heteroatoms. The second-order valence-corrected chi connectivity index (χ2v) is 6.57. The van der Waals surface area contributed by atoms with Gasteiger partial charge in [-0.25, -0.2) is 0 Å². The molecule has 0 bridgehead atoms. The first-order valence-electron chi connectivity index (χ1n) is 6.17. The topological polar surface area (TPSA) is 37.3 Å². The predicted molar refractivity (Wildman–Crippen MR) is 88.0 cm³/mol. The molecule has 104 valence electrons. The molecule has 2 atom stereocenters. The van der Waals surface area contributed by atoms with E-state index in [2.05, 4.69) is 31.9 Å². The minimum atomic E-state index is -0.446. The summed E-state index contributed by atoms with van der Waals surface area (Å²) in [6, 6.07) is 14.8. The maximum Gasteiger partial charge on any atom is 0.181 e. The van der Waals surface area contributed by atoms with Gasteiger partial charge in [0, 0.05) is 0 Å². The van der Waals surface area contributed by atoms with Crippen molar-refractivity contribution in [2.24, 2.45) is 0 Å². The fraction of sp³-hybridized carbons (Fsp3) is 0.188. The van der Waals surface area contributed by atoms with Gasteiger partial charge in [0.2, 0.25) is 0 Å². The van der Waals surface area contributed by atoms with E-state index in [1.165, 1.54) is 0 Å². The van der Waals surface area contributed by atoms with E-state index in [9.17, 15) is 9.90 Å². The van der Waals surface area contributed by atoms with Crippen LogP contribution in [0.5, 0.6) is 5.75 Å². The molecule has 2 rings (SSSR count). The van der Waals surface area contributed by atoms with Crippen LogP contribution in [0.1, 0.15) is 26.3 Å². The summed E-state index contributed by atoms with van der Waals surface area (Å²) in [5.41, 5.74) is 2.26. The molecule has 0 radical (unpaired) electrons. The number of Topliss-reactive ketones (excluding diaryl/α,β-unsaturated/α-hetero) is 1. The first-order valence-corrected chi connectivity index (χ1v) is 8.00. The van der Waals surface area contributed by atoms with Crippen molar-refractivity contribution < 1.29 is 9.90 Å². The van der Waals surface area contributed by atoms with E-state index in [1.807, 2.05) is 43.3 Å². The van der Waals surface area contributed by atoms with E-state index < -0.39 is 4.83 Å². The Kier molecular flexibility index (Phi) is 5.00. The highest BCUT2D eigenvalue weighted by Crippen LogP contribution is 2.34. The van der Waals surface area contributed by atoms with Crippen LogP contribution in [0, 0.1) is 6.92 Å². The quantitative estimate of drug-likeness (QED) is 0.595. The van der Waals surface area contributed by atoms with Gasteiger partial charge in [-0.2, -0.15) is 0 Å². The van der Waals surface area contributed by atoms with Gasteiger partial charge in [0.05, 0.1) is 15.2 Å². The maximum absolute atomic E-state index is 12.5. The number of aryl methyl sites for hydroxylation is 1. The van der Waals surface area contributed by atoms with E-state index >= 15 is 0 Å². The molecule has 0 aromatic heterocycles. The van der Waals surface area contributed by atoms with Crippen molar-refractivity contribution in [3.63, 3.8) is 0 Å². The van der Waals surface area contributed by atoms with E-state index in [0.29, 0.717) is 5.56 Å². The van der Waals surface area contributed by atoms with Gasteiger partial charge in [0.1, 0.15) is 5.75 Å². The molecular weight excluding hydrogens is 384 g/mol. The zero-order valence-electron chi connectivity index (χ0n) is 10.9. The predicted octanol–water partition coefficient (Wildman–Crippen LogP) is 4.78. The van der Waals surface area contributed by atoms with E-state index in [4.69, 9.17) is 0 Å². The van der Waals surface area contributed by atoms with Gasteiger partial charge in [0.25, 0.3) is 0 Å². The molecule has 0 fully saturated rings. The molecule has 20 heavy (non-hydrogen) atoms. The lowest BCUT2D eigenvalue weighted by Crippen LogP contribution is -2.19. The molecule has 0 aliphatic heterocycles. The van der Waals surface area contributed by atoms with E-state index in [0.717, 1.165) is 11.1 Å². The first kappa shape index (κ1) is 15.3. The smallest absolute Gasteiger partial charge is 0.181 e. The Balaban J connectivity index is 2.24. The summed E-state index contributed by atoms with van der Waals surface area (Å²) in [6.45, 7) is 1.87. The fourth-order valence-corrected chi connectivity index (χ4v) is 3.03. The van der Waals surface area contributed by atoms with Crippen molar-refractivity contribution in [1.29, 1.82) is 0 Å². The molecule has 0 spiro atoms. The molecule has 0 aliphatic rings. The number of phenolic OH excluding ortho intramolecular Hbond substituents is 1. The van der Waals surface area contributed by atoms with Crippen molar-refractivity contribution in [3.05, 3.63) is 65.2 Å². The van der Waals surface area contributed by atoms with Crippen molar-refractivity contribution in [1.82, 2.24) is 0 Å². The van der Waals surface area contributed by atoms with Crippen LogP contribution >= 0.6 is 31.9 Å². The Labute approximate surface area is 135 Å². The summed E-state index contributed by atoms with van der Waals surface area (Å²) in [6.07, 6.45) is 0. The maximum atomic E-state index is 12.5. The molecule has 0 aliphatic carbocycles. The molecule has 0 saturated carbocycles. The number of carbonyl (C=O) groups excluding carboxylic acids is 1. The lowest BCUT2D eigenvalue weighted by atomic mass is 10.0. The third kappa shape index (κ3) is 3.30. The SMILES string of the molecule is Cc1ccc(C(=O)[C@@H](Br)[C@@H](Br)c2ccccc2)c(O)c1. The minimum Gasteiger partial charge on any atom is -0.507 e. The summed E-state index contributed by atoms with van der Waals surface area (Å²) >= 11 is 6.97. The third-order valence-corrected chi connectivity index (χ3v) is 5.76. The van der Waals surface area contributed by atoms with Gasteiger partial charge in [-0.05, 0) is 30.2 Å². The highest BCUT2D eigenvalue weighted by Gasteiger charge is 2.27. The van der Waals surface area contributed by atoms with Crippen LogP contribution in [0.25, 0.3) is 0 Å². The summed E-state index contributed by atoms with van der Waals surface area (Å²) in [7, 11) is 0. The molecule has 2 aromatic rings. The van der Waals surface area contributed by atoms with Crippen LogP contribution in [0.4, 0.5) is 0 Å². The number of hydrogen-bond acceptors (Lipinski definition) is 2. The monoisotopic (exact) mass is 396 g/mol. The highest BCUT2D eigenvalue weighted by molar-refractivity contribution is 9.12. The van der Waals surface area contributed by atoms with Crippen LogP contribution < -0.4 is 0 Å². The summed E-state index contributed by atoms with van der Waals surface area (Å²) < 4.78 is 0. The fourth-order valence-electron chi connectivity index (χ4n) is 1.94. The average Bonchev–Trinajstić information content (AvgIpc) is 2.46. The Morgan fingerprint density at radius 3 is 2.35 bits per heavy atom. The van der Waals surface area contributed by atoms with Crippen LogP contribution in [0.3, 0.4) is 0 Å². The number of rotatable bonds is 4. The molecule has 0 amide bonds. The molecule has 2 aromatic carbocycles. The largest absolute Gasteiger partial charge is 0.507 e. The van der Waals surface area contributed by atoms with E-state index in [-0.39, 0.29) is 16.4 Å². The Morgan fingerprint density at radius 2 is 1.75 bits per heavy atom. The summed E-state index contributed by atoms with van der Waals surface area (Å²) in [4.78, 5) is 11.9. The normalized spacial score (nSPS) is 13.8. The van der Waals surface area contributed by atoms with Gasteiger partial charge in [-0.15, -0.1) is 0 Å². The molecular formula is C16H14Br2O2. The zero-order chi connectivity index (χ0) is 14.7. The number of phenols is 1. The molecule has 0 saturated heterocycles. The lowest BCUT2D eigenvalue weighted by Gasteiger charge is -2.17. The summed E-state index contributed by atoms with van der Waals surface area (Å²) in [5, 5.41) is 9.91. The van der Waals surface area contributed by atoms with Crippen molar-refractivity contribution in [3.8, 4) is 5.75 Å². The number of carbonyl (C=O) groups is 1. The number of benzene rings is 2. The molecule has 2 nitrogen and oxygen atoms in total. The Bertz CT molecular complexity index is 611. The highest BCUT2D eigenvalue weighted by atomic mass is 79.9. The third-order valence-electron chi connectivity index (χ3n) is 3.04. The van der Waals surface area contributed by atoms with Gasteiger partial charge in [-0.1, -0.05) is 68.3 Å². The Morgan fingerprint density at radius 1 is 1.10 bits per heavy atom. The van der Waals surface area contributed by atoms with Crippen molar-refractivity contribution >= 4 is 37.6 Å². The number of alkyl halides is 2. The summed E-state index contributed by atoms with van der Waals surface area (Å²) in [5.74, 6) is -0.125. The standard InChI is InChI=1S/C16H14Br2O2/c1-10-7-8-12(13(19)9-10)16(20)15(18)14(17)11-5-3-2-4-6-11/h2-9,14-15,19H,1H3/t14-,15-/m0/s1. The molecule has 0 heterocycles. The number of halogens is 2. The molecule has 0 unspecified atom stereocenters.